The summed E-state index contributed by atoms with van der Waals surface area (Å²) in [5.41, 5.74) is 0. The zero-order chi connectivity index (χ0) is 85.9. The van der Waals surface area contributed by atoms with Crippen LogP contribution < -0.4 is 25.1 Å². The Balaban J connectivity index is 0.00000126. The minimum Gasteiger partial charge on any atom is -0.788 e. The van der Waals surface area contributed by atoms with Crippen LogP contribution in [0.3, 0.4) is 0 Å². The summed E-state index contributed by atoms with van der Waals surface area (Å²) < 4.78 is 159. The lowest BCUT2D eigenvalue weighted by Crippen LogP contribution is -2.48. The third kappa shape index (κ3) is 47.7. The Bertz CT molecular complexity index is 2770. The fraction of sp³-hybridized carbons (Fsp3) is 0.937. The van der Waals surface area contributed by atoms with Crippen LogP contribution in [0.2, 0.25) is 18.0 Å². The van der Waals surface area contributed by atoms with Crippen molar-refractivity contribution >= 4 is 119 Å². The van der Waals surface area contributed by atoms with Crippen molar-refractivity contribution in [2.45, 2.75) is 166 Å². The van der Waals surface area contributed by atoms with Crippen LogP contribution in [0, 0.1) is 5.92 Å². The van der Waals surface area contributed by atoms with E-state index in [-0.39, 0.29) is 119 Å². The average molecular weight is 1680 g/mol. The van der Waals surface area contributed by atoms with E-state index in [4.69, 9.17) is 157 Å². The van der Waals surface area contributed by atoms with Crippen LogP contribution in [-0.4, -0.2) is 422 Å². The molecule has 0 aromatic heterocycles. The summed E-state index contributed by atoms with van der Waals surface area (Å²) >= 11 is 0. The van der Waals surface area contributed by atoms with E-state index in [1.807, 2.05) is 10.7 Å². The number of rotatable bonds is 34. The number of methoxy groups -OCH3 is 9. The Morgan fingerprint density at radius 1 is 0.607 bits per heavy atom. The van der Waals surface area contributed by atoms with E-state index in [0.717, 1.165) is 32.8 Å². The minimum absolute atomic E-state index is 0.0241. The number of hydrogen-bond donors (Lipinski definition) is 3. The molecular formula is C63H123B9N5O30P5-4. The number of nitrogens with one attached hydrogen (secondary N) is 2. The predicted octanol–water partition coefficient (Wildman–Crippen LogP) is -2.54. The molecule has 1 aliphatic carbocycles. The Morgan fingerprint density at radius 3 is 1.65 bits per heavy atom. The molecule has 636 valence electrons. The van der Waals surface area contributed by atoms with Gasteiger partial charge in [0.2, 0.25) is 13.4 Å². The van der Waals surface area contributed by atoms with Gasteiger partial charge in [0.1, 0.15) is 103 Å². The number of nitrogens with zero attached hydrogens (tertiary/aromatic N) is 3. The number of aliphatic hydroxyl groups excluding tert-OH is 1. The van der Waals surface area contributed by atoms with Crippen LogP contribution in [0.5, 0.6) is 0 Å². The monoisotopic (exact) mass is 1680 g/mol. The number of hydrogen-bond acceptors (Lipinski definition) is 31. The van der Waals surface area contributed by atoms with Gasteiger partial charge in [0.15, 0.2) is 6.29 Å². The van der Waals surface area contributed by atoms with Gasteiger partial charge in [-0.05, 0) is 79.8 Å². The Labute approximate surface area is 677 Å². The van der Waals surface area contributed by atoms with E-state index in [2.05, 4.69) is 16.5 Å². The average Bonchev–Trinajstić information content (AvgIpc) is 1.16. The number of allylic oxidation sites excluding steroid dienone is 1. The first-order chi connectivity index (χ1) is 52.2. The molecule has 6 saturated heterocycles. The van der Waals surface area contributed by atoms with Crippen LogP contribution in [-0.2, 0) is 122 Å². The molecule has 3 N–H and O–H groups in total. The lowest BCUT2D eigenvalue weighted by molar-refractivity contribution is -0.206. The topological polar surface area (TPSA) is 418 Å². The number of aliphatic hydroxyl groups is 1. The third-order valence-corrected chi connectivity index (χ3v) is 22.2. The number of ether oxygens (including phenoxy) is 16. The molecule has 35 nitrogen and oxygen atoms in total. The molecular weight excluding hydrogens is 1560 g/mol. The first-order valence-corrected chi connectivity index (χ1v) is 45.5. The van der Waals surface area contributed by atoms with Crippen molar-refractivity contribution in [2.24, 2.45) is 5.92 Å². The largest absolute Gasteiger partial charge is 0.788 e. The van der Waals surface area contributed by atoms with Crippen molar-refractivity contribution in [1.29, 1.82) is 0 Å². The van der Waals surface area contributed by atoms with E-state index in [1.54, 1.807) is 81.8 Å². The van der Waals surface area contributed by atoms with Crippen molar-refractivity contribution in [1.82, 2.24) is 24.6 Å². The Morgan fingerprint density at radius 2 is 1.15 bits per heavy atom. The molecule has 7 rings (SSSR count). The number of morpholine rings is 1. The molecule has 7 aliphatic rings. The number of Topliss-reactive ketones (excluding diaryl/α,β-unsaturated/α-hetero) is 1. The SMILES string of the molecule is [B]C1CN(P(C)(=O)N(C)C)CC(OC)O1.[B]CC(=O)N(CCNC)CC(C)=O.[B][C@@H]1OCC(OC)[C@@H]1OP(C)(=O)[O-].[B][C@@H]1O[C@H](COC)C(OP(C)(=O)[O-])[C@@H]1OCCCO.[B][C@H]1C=CC(COC)C(OC)C1.[B][C@H]1CC(NP(C)(=O)[O-])[C@@H](COC)O1.[B][C@H]1CC(OP([BH3-])(C)=O)[C@@H](COC)O1.[B][C@H]1COC(COC)C(OC)C1. The highest BCUT2D eigenvalue weighted by Gasteiger charge is 2.45. The Kier molecular flexibility index (Phi) is 58.3. The molecule has 0 spiro atoms. The quantitative estimate of drug-likeness (QED) is 0.0259. The number of carbonyl (C=O) groups is 2. The highest BCUT2D eigenvalue weighted by Crippen LogP contribution is 2.49. The molecule has 0 saturated carbocycles. The minimum atomic E-state index is -3.95. The van der Waals surface area contributed by atoms with Crippen LogP contribution in [0.4, 0.5) is 0 Å². The maximum atomic E-state index is 12.4. The molecule has 6 fully saturated rings. The second kappa shape index (κ2) is 58.5. The summed E-state index contributed by atoms with van der Waals surface area (Å²) in [6.07, 6.45) is 3.32. The fourth-order valence-corrected chi connectivity index (χ4v) is 15.6. The molecule has 112 heavy (non-hydrogen) atoms. The van der Waals surface area contributed by atoms with E-state index in [1.165, 1.54) is 33.2 Å². The number of likely N-dealkylation sites (N-methyl/N-ethyl adjacent to an activating group) is 1. The summed E-state index contributed by atoms with van der Waals surface area (Å²) in [6.45, 7) is 13.6. The number of ketones is 1. The zero-order valence-electron chi connectivity index (χ0n) is 67.9. The summed E-state index contributed by atoms with van der Waals surface area (Å²) in [6, 6.07) is -3.00. The van der Waals surface area contributed by atoms with Crippen molar-refractivity contribution in [3.63, 3.8) is 0 Å². The summed E-state index contributed by atoms with van der Waals surface area (Å²) in [5.74, 6) is 0.384. The fourth-order valence-electron chi connectivity index (χ4n) is 11.3. The Hall–Kier alpha value is -0.466. The van der Waals surface area contributed by atoms with E-state index < -0.39 is 98.2 Å². The van der Waals surface area contributed by atoms with Gasteiger partial charge in [-0.25, -0.2) is 9.34 Å². The molecule has 15 unspecified atom stereocenters. The van der Waals surface area contributed by atoms with Crippen molar-refractivity contribution in [3.8, 4) is 0 Å². The highest BCUT2D eigenvalue weighted by molar-refractivity contribution is 7.82. The highest BCUT2D eigenvalue weighted by atomic mass is 31.2. The van der Waals surface area contributed by atoms with Crippen LogP contribution in [0.1, 0.15) is 39.0 Å². The molecule has 0 aromatic rings. The van der Waals surface area contributed by atoms with Gasteiger partial charge in [0.25, 0.3) is 0 Å². The van der Waals surface area contributed by atoms with E-state index >= 15 is 0 Å². The van der Waals surface area contributed by atoms with Crippen molar-refractivity contribution < 1.29 is 142 Å². The second-order valence-corrected chi connectivity index (χ2v) is 36.3. The van der Waals surface area contributed by atoms with Gasteiger partial charge < -0.3 is 138 Å². The van der Waals surface area contributed by atoms with Gasteiger partial charge in [-0.3, -0.25) is 19.2 Å². The predicted molar refractivity (Wildman–Crippen MR) is 429 cm³/mol. The molecule has 6 aliphatic heterocycles. The summed E-state index contributed by atoms with van der Waals surface area (Å²) in [7, 11) is 48.3. The second-order valence-electron chi connectivity index (χ2n) is 26.7. The molecule has 6 heterocycles. The first kappa shape index (κ1) is 112. The summed E-state index contributed by atoms with van der Waals surface area (Å²) in [4.78, 5) is 56.6. The van der Waals surface area contributed by atoms with Crippen LogP contribution in [0.25, 0.3) is 0 Å². The van der Waals surface area contributed by atoms with Gasteiger partial charge in [-0.15, -0.1) is 0 Å². The lowest BCUT2D eigenvalue weighted by atomic mass is 9.75. The van der Waals surface area contributed by atoms with Gasteiger partial charge in [-0.1, -0.05) is 23.8 Å². The van der Waals surface area contributed by atoms with Gasteiger partial charge >= 0.3 is 0 Å². The molecule has 49 heteroatoms. The lowest BCUT2D eigenvalue weighted by Gasteiger charge is -2.41. The summed E-state index contributed by atoms with van der Waals surface area (Å²) in [5, 5.41) is 14.1. The standard InChI is InChI=1S/C10H20BO7P.C9H15BO2.C8H18BN2O3P.C8H15BN2O2.C8H15BO3.C7H16B2O4P.C7H15BNO4P.C6H12BO5P/c1-15-6-7-8(18-19(2,13)14)9(10(11)17-7)16-5-3-4-12;1-11-6-7-3-4-8(10)5-9(7)12-2;1-10(2)15(4,12)11-5-7(9)14-8(6-11)13-3;1-7(12)6-11(4-3-10-2)8(13)5-9;1-10-5-8-7(11-2)3-6(9)4-12-8;1-11-4-6-5(3-7(8)12-6)13-14(2,9)10;1-12-4-6-5(3-7(8)13-6)9-14(2,10)11;1-10-4-3-11-6(7)5(4)12-13(2,8)9/h7-10,12H,3-6H2,1-2H3,(H,13,14);3-4,7-9H,5-6H2,1-2H3;7-8H,5-6H2,1-4H3;10H,3-6H2,1-2H3;6-8H,3-5H2,1-2H3;5-7H,3-4H2,1-2,9H3;5-7H,3-4H2,1-2H3,(H2,9,10,11);4-6H,3H2,1-2H3,(H,8,9)/q;;;;;-1;;/p-3/t7-,8?,9+,10-;7?,8-,9?;;;6-,7?,8?;5?,6-,7-,14?;5?,6-,7-;4?,5-,6+/m10..1110/s1. The first-order valence-electron chi connectivity index (χ1n) is 35.7. The van der Waals surface area contributed by atoms with E-state index in [0.29, 0.717) is 84.4 Å². The van der Waals surface area contributed by atoms with Crippen LogP contribution in [0.15, 0.2) is 12.2 Å². The van der Waals surface area contributed by atoms with Gasteiger partial charge in [0.05, 0.1) is 116 Å². The third-order valence-electron chi connectivity index (χ3n) is 16.8. The number of carbonyl (C=O) groups excluding carboxylic acids is 2. The van der Waals surface area contributed by atoms with E-state index in [9.17, 15) is 47.1 Å². The molecule has 0 aromatic carbocycles. The maximum absolute atomic E-state index is 12.4. The van der Waals surface area contributed by atoms with Crippen molar-refractivity contribution in [3.05, 3.63) is 12.2 Å². The normalized spacial score (nSPS) is 32.8. The van der Waals surface area contributed by atoms with Gasteiger partial charge in [0, 0.05) is 173 Å². The smallest absolute Gasteiger partial charge is 0.214 e. The van der Waals surface area contributed by atoms with Crippen LogP contribution >= 0.6 is 37.4 Å². The number of amides is 1. The maximum Gasteiger partial charge on any atom is 0.214 e. The molecule has 1 amide bonds. The molecule has 0 bridgehead atoms. The molecule has 16 radical (unpaired) electrons. The van der Waals surface area contributed by atoms with Gasteiger partial charge in [-0.2, -0.15) is 0 Å². The zero-order valence-corrected chi connectivity index (χ0v) is 72.4. The van der Waals surface area contributed by atoms with Crippen molar-refractivity contribution in [2.75, 3.05) is 211 Å². The molecule has 26 atom stereocenters.